The number of nitrogens with zero attached hydrogens (tertiary/aromatic N) is 4. The minimum absolute atomic E-state index is 0. The fourth-order valence-electron chi connectivity index (χ4n) is 3.09. The first kappa shape index (κ1) is 25.5. The Morgan fingerprint density at radius 1 is 1.14 bits per heavy atom. The maximum Gasteiger partial charge on any atom is 0.219 e. The number of halogens is 1. The summed E-state index contributed by atoms with van der Waals surface area (Å²) in [5.74, 6) is 1.96. The quantitative estimate of drug-likeness (QED) is 0.248. The van der Waals surface area contributed by atoms with Gasteiger partial charge in [-0.15, -0.1) is 24.0 Å². The van der Waals surface area contributed by atoms with Crippen molar-refractivity contribution >= 4 is 35.8 Å². The van der Waals surface area contributed by atoms with Crippen LogP contribution in [0, 0.1) is 0 Å². The molecule has 8 heteroatoms. The number of benzene rings is 1. The van der Waals surface area contributed by atoms with Crippen molar-refractivity contribution < 1.29 is 9.53 Å². The Morgan fingerprint density at radius 3 is 2.31 bits per heavy atom. The molecule has 7 nitrogen and oxygen atoms in total. The van der Waals surface area contributed by atoms with Crippen LogP contribution in [-0.4, -0.2) is 86.5 Å². The van der Waals surface area contributed by atoms with Gasteiger partial charge in [0.25, 0.3) is 0 Å². The maximum absolute atomic E-state index is 11.5. The monoisotopic (exact) mass is 517 g/mol. The lowest BCUT2D eigenvalue weighted by molar-refractivity contribution is -0.130. The summed E-state index contributed by atoms with van der Waals surface area (Å²) >= 11 is 0. The molecule has 0 radical (unpaired) electrons. The van der Waals surface area contributed by atoms with Gasteiger partial charge in [-0.25, -0.2) is 4.99 Å². The number of ether oxygens (including phenoxy) is 1. The van der Waals surface area contributed by atoms with E-state index in [1.54, 1.807) is 6.92 Å². The third kappa shape index (κ3) is 9.20. The minimum Gasteiger partial charge on any atom is -0.494 e. The third-order valence-corrected chi connectivity index (χ3v) is 4.71. The Balaban J connectivity index is 0.00000420. The van der Waals surface area contributed by atoms with E-state index in [0.29, 0.717) is 6.54 Å². The molecule has 1 aromatic carbocycles. The molecule has 0 atom stereocenters. The smallest absolute Gasteiger partial charge is 0.219 e. The van der Waals surface area contributed by atoms with E-state index >= 15 is 0 Å². The van der Waals surface area contributed by atoms with Crippen molar-refractivity contribution in [2.75, 3.05) is 60.0 Å². The van der Waals surface area contributed by atoms with E-state index in [0.717, 1.165) is 69.6 Å². The van der Waals surface area contributed by atoms with Crippen molar-refractivity contribution in [3.63, 3.8) is 0 Å². The van der Waals surface area contributed by atoms with Crippen LogP contribution in [0.5, 0.6) is 5.75 Å². The first-order valence-electron chi connectivity index (χ1n) is 10.1. The van der Waals surface area contributed by atoms with Gasteiger partial charge in [0.15, 0.2) is 5.96 Å². The molecule has 0 aliphatic carbocycles. The zero-order valence-corrected chi connectivity index (χ0v) is 20.5. The Bertz CT molecular complexity index is 628. The van der Waals surface area contributed by atoms with Gasteiger partial charge in [0, 0.05) is 46.2 Å². The fourth-order valence-corrected chi connectivity index (χ4v) is 3.09. The van der Waals surface area contributed by atoms with Gasteiger partial charge in [-0.1, -0.05) is 12.1 Å². The molecule has 1 aliphatic rings. The lowest BCUT2D eigenvalue weighted by Gasteiger charge is -2.36. The Morgan fingerprint density at radius 2 is 1.76 bits per heavy atom. The van der Waals surface area contributed by atoms with Crippen LogP contribution < -0.4 is 10.1 Å². The zero-order chi connectivity index (χ0) is 20.4. The van der Waals surface area contributed by atoms with Crippen LogP contribution in [0.4, 0.5) is 0 Å². The SMILES string of the molecule is CCNC(=NCc1ccc(OCCCN(C)C)cc1)N1CCN(C(C)=O)CC1.I. The number of aliphatic imine (C=N–C) groups is 1. The van der Waals surface area contributed by atoms with Crippen molar-refractivity contribution in [1.29, 1.82) is 0 Å². The molecule has 0 unspecified atom stereocenters. The molecule has 1 fully saturated rings. The highest BCUT2D eigenvalue weighted by Gasteiger charge is 2.20. The van der Waals surface area contributed by atoms with Crippen LogP contribution in [0.25, 0.3) is 0 Å². The molecule has 0 bridgehead atoms. The molecule has 0 aromatic heterocycles. The van der Waals surface area contributed by atoms with Crippen LogP contribution in [0.2, 0.25) is 0 Å². The number of piperazine rings is 1. The number of rotatable bonds is 8. The molecule has 0 spiro atoms. The summed E-state index contributed by atoms with van der Waals surface area (Å²) in [5.41, 5.74) is 1.15. The van der Waals surface area contributed by atoms with Crippen LogP contribution in [0.15, 0.2) is 29.3 Å². The second-order valence-corrected chi connectivity index (χ2v) is 7.31. The van der Waals surface area contributed by atoms with Crippen LogP contribution in [-0.2, 0) is 11.3 Å². The molecule has 1 saturated heterocycles. The van der Waals surface area contributed by atoms with Crippen molar-refractivity contribution in [3.8, 4) is 5.75 Å². The summed E-state index contributed by atoms with van der Waals surface area (Å²) in [5, 5.41) is 3.37. The third-order valence-electron chi connectivity index (χ3n) is 4.71. The standard InChI is InChI=1S/C21H35N5O2.HI/c1-5-22-21(26-14-12-25(13-15-26)18(2)27)23-17-19-7-9-20(10-8-19)28-16-6-11-24(3)4;/h7-10H,5-6,11-17H2,1-4H3,(H,22,23);1H. The first-order valence-corrected chi connectivity index (χ1v) is 10.1. The van der Waals surface area contributed by atoms with Crippen LogP contribution >= 0.6 is 24.0 Å². The van der Waals surface area contributed by atoms with E-state index < -0.39 is 0 Å². The Hall–Kier alpha value is -1.55. The van der Waals surface area contributed by atoms with Gasteiger partial charge in [0.2, 0.25) is 5.91 Å². The predicted molar refractivity (Wildman–Crippen MR) is 129 cm³/mol. The van der Waals surface area contributed by atoms with E-state index in [4.69, 9.17) is 9.73 Å². The molecular weight excluding hydrogens is 481 g/mol. The predicted octanol–water partition coefficient (Wildman–Crippen LogP) is 2.26. The molecule has 0 saturated carbocycles. The van der Waals surface area contributed by atoms with E-state index in [1.807, 2.05) is 17.0 Å². The van der Waals surface area contributed by atoms with Crippen molar-refractivity contribution in [3.05, 3.63) is 29.8 Å². The summed E-state index contributed by atoms with van der Waals surface area (Å²) in [6, 6.07) is 8.17. The maximum atomic E-state index is 11.5. The highest BCUT2D eigenvalue weighted by atomic mass is 127. The molecular formula is C21H36IN5O2. The van der Waals surface area contributed by atoms with Crippen LogP contribution in [0.1, 0.15) is 25.8 Å². The first-order chi connectivity index (χ1) is 13.5. The van der Waals surface area contributed by atoms with Gasteiger partial charge in [0.1, 0.15) is 5.75 Å². The molecule has 1 amide bonds. The number of carbonyl (C=O) groups is 1. The van der Waals surface area contributed by atoms with Gasteiger partial charge in [-0.3, -0.25) is 4.79 Å². The van der Waals surface area contributed by atoms with Gasteiger partial charge >= 0.3 is 0 Å². The zero-order valence-electron chi connectivity index (χ0n) is 18.2. The summed E-state index contributed by atoms with van der Waals surface area (Å²) in [7, 11) is 4.14. The summed E-state index contributed by atoms with van der Waals surface area (Å²) in [6.45, 7) is 10.0. The van der Waals surface area contributed by atoms with E-state index in [-0.39, 0.29) is 29.9 Å². The van der Waals surface area contributed by atoms with Gasteiger partial charge in [0.05, 0.1) is 13.2 Å². The highest BCUT2D eigenvalue weighted by molar-refractivity contribution is 14.0. The number of hydrogen-bond acceptors (Lipinski definition) is 4. The second kappa shape index (κ2) is 13.6. The summed E-state index contributed by atoms with van der Waals surface area (Å²) in [6.07, 6.45) is 1.02. The molecule has 164 valence electrons. The number of hydrogen-bond donors (Lipinski definition) is 1. The van der Waals surface area contributed by atoms with Gasteiger partial charge in [-0.05, 0) is 45.1 Å². The van der Waals surface area contributed by atoms with E-state index in [2.05, 4.69) is 48.3 Å². The lowest BCUT2D eigenvalue weighted by atomic mass is 10.2. The van der Waals surface area contributed by atoms with E-state index in [1.165, 1.54) is 0 Å². The molecule has 1 N–H and O–H groups in total. The molecule has 29 heavy (non-hydrogen) atoms. The average molecular weight is 517 g/mol. The average Bonchev–Trinajstić information content (AvgIpc) is 2.69. The van der Waals surface area contributed by atoms with Crippen molar-refractivity contribution in [2.24, 2.45) is 4.99 Å². The normalized spacial score (nSPS) is 14.6. The summed E-state index contributed by atoms with van der Waals surface area (Å²) in [4.78, 5) is 22.6. The lowest BCUT2D eigenvalue weighted by Crippen LogP contribution is -2.53. The minimum atomic E-state index is 0. The second-order valence-electron chi connectivity index (χ2n) is 7.31. The molecule has 2 rings (SSSR count). The Labute approximate surface area is 192 Å². The molecule has 1 aliphatic heterocycles. The van der Waals surface area contributed by atoms with Crippen LogP contribution in [0.3, 0.4) is 0 Å². The van der Waals surface area contributed by atoms with E-state index in [9.17, 15) is 4.79 Å². The fraction of sp³-hybridized carbons (Fsp3) is 0.619. The number of carbonyl (C=O) groups excluding carboxylic acids is 1. The molecule has 1 heterocycles. The summed E-state index contributed by atoms with van der Waals surface area (Å²) < 4.78 is 5.78. The highest BCUT2D eigenvalue weighted by Crippen LogP contribution is 2.13. The largest absolute Gasteiger partial charge is 0.494 e. The van der Waals surface area contributed by atoms with Crippen molar-refractivity contribution in [1.82, 2.24) is 20.0 Å². The Kier molecular flexibility index (Phi) is 12.0. The number of nitrogens with one attached hydrogen (secondary N) is 1. The van der Waals surface area contributed by atoms with Crippen molar-refractivity contribution in [2.45, 2.75) is 26.8 Å². The van der Waals surface area contributed by atoms with Gasteiger partial charge < -0.3 is 24.8 Å². The number of guanidine groups is 1. The molecule has 1 aromatic rings. The van der Waals surface area contributed by atoms with Gasteiger partial charge in [-0.2, -0.15) is 0 Å². The topological polar surface area (TPSA) is 60.4 Å². The number of amides is 1.